The Morgan fingerprint density at radius 1 is 1.19 bits per heavy atom. The molecule has 1 heterocycles. The van der Waals surface area contributed by atoms with Crippen LogP contribution < -0.4 is 10.1 Å². The molecule has 7 nitrogen and oxygen atoms in total. The third-order valence-electron chi connectivity index (χ3n) is 3.46. The van der Waals surface area contributed by atoms with Gasteiger partial charge in [-0.25, -0.2) is 9.59 Å². The van der Waals surface area contributed by atoms with Gasteiger partial charge in [0.25, 0.3) is 0 Å². The van der Waals surface area contributed by atoms with Gasteiger partial charge in [0.1, 0.15) is 16.9 Å². The van der Waals surface area contributed by atoms with E-state index in [1.807, 2.05) is 12.1 Å². The molecular weight excluding hydrogens is 348 g/mol. The molecule has 7 heteroatoms. The van der Waals surface area contributed by atoms with E-state index in [9.17, 15) is 9.59 Å². The summed E-state index contributed by atoms with van der Waals surface area (Å²) in [6, 6.07) is 7.26. The summed E-state index contributed by atoms with van der Waals surface area (Å²) >= 11 is 0. The number of ether oxygens (including phenoxy) is 3. The van der Waals surface area contributed by atoms with Crippen molar-refractivity contribution in [2.24, 2.45) is 0 Å². The fourth-order valence-corrected chi connectivity index (χ4v) is 2.41. The molecule has 0 spiro atoms. The van der Waals surface area contributed by atoms with Crippen molar-refractivity contribution in [3.63, 3.8) is 0 Å². The molecule has 0 atom stereocenters. The minimum atomic E-state index is -0.535. The lowest BCUT2D eigenvalue weighted by atomic mass is 10.1. The normalized spacial score (nSPS) is 11.1. The molecule has 2 rings (SSSR count). The molecule has 0 aliphatic heterocycles. The van der Waals surface area contributed by atoms with Gasteiger partial charge < -0.3 is 19.5 Å². The summed E-state index contributed by atoms with van der Waals surface area (Å²) in [5, 5.41) is 3.50. The second-order valence-electron chi connectivity index (χ2n) is 6.86. The molecule has 1 N–H and O–H groups in total. The summed E-state index contributed by atoms with van der Waals surface area (Å²) < 4.78 is 16.1. The van der Waals surface area contributed by atoms with Gasteiger partial charge in [0.05, 0.1) is 18.7 Å². The lowest BCUT2D eigenvalue weighted by Crippen LogP contribution is -2.33. The van der Waals surface area contributed by atoms with E-state index >= 15 is 0 Å². The molecule has 146 valence electrons. The van der Waals surface area contributed by atoms with Crippen molar-refractivity contribution in [1.29, 1.82) is 0 Å². The van der Waals surface area contributed by atoms with Gasteiger partial charge in [-0.3, -0.25) is 4.98 Å². The average molecular weight is 374 g/mol. The molecule has 0 saturated heterocycles. The first-order valence-electron chi connectivity index (χ1n) is 8.96. The number of aromatic nitrogens is 1. The number of nitrogens with one attached hydrogen (secondary N) is 1. The van der Waals surface area contributed by atoms with Crippen molar-refractivity contribution in [2.75, 3.05) is 19.8 Å². The third kappa shape index (κ3) is 6.13. The van der Waals surface area contributed by atoms with Crippen LogP contribution >= 0.6 is 0 Å². The molecule has 1 amide bonds. The molecule has 2 aromatic rings. The van der Waals surface area contributed by atoms with Crippen molar-refractivity contribution in [3.8, 4) is 5.75 Å². The van der Waals surface area contributed by atoms with Gasteiger partial charge in [0, 0.05) is 18.1 Å². The zero-order chi connectivity index (χ0) is 19.9. The Hall–Kier alpha value is -2.83. The van der Waals surface area contributed by atoms with Crippen LogP contribution in [0.4, 0.5) is 4.79 Å². The van der Waals surface area contributed by atoms with Crippen molar-refractivity contribution < 1.29 is 23.8 Å². The molecule has 0 aliphatic rings. The maximum Gasteiger partial charge on any atom is 0.407 e. The number of hydrogen-bond donors (Lipinski definition) is 1. The van der Waals surface area contributed by atoms with Crippen molar-refractivity contribution >= 4 is 23.0 Å². The molecular formula is C20H26N2O5. The highest BCUT2D eigenvalue weighted by Crippen LogP contribution is 2.27. The van der Waals surface area contributed by atoms with Crippen LogP contribution in [0.1, 0.15) is 44.5 Å². The van der Waals surface area contributed by atoms with E-state index < -0.39 is 17.7 Å². The summed E-state index contributed by atoms with van der Waals surface area (Å²) in [6.07, 6.45) is 1.71. The molecule has 0 unspecified atom stereocenters. The second kappa shape index (κ2) is 9.21. The Labute approximate surface area is 159 Å². The van der Waals surface area contributed by atoms with Gasteiger partial charge in [-0.1, -0.05) is 6.07 Å². The summed E-state index contributed by atoms with van der Waals surface area (Å²) in [7, 11) is 0. The lowest BCUT2D eigenvalue weighted by Gasteiger charge is -2.19. The fourth-order valence-electron chi connectivity index (χ4n) is 2.41. The van der Waals surface area contributed by atoms with Crippen LogP contribution in [0.3, 0.4) is 0 Å². The van der Waals surface area contributed by atoms with E-state index in [1.165, 1.54) is 0 Å². The first kappa shape index (κ1) is 20.5. The highest BCUT2D eigenvalue weighted by Gasteiger charge is 2.19. The van der Waals surface area contributed by atoms with E-state index in [-0.39, 0.29) is 6.61 Å². The number of carbonyl (C=O) groups excluding carboxylic acids is 2. The molecule has 0 saturated carbocycles. The van der Waals surface area contributed by atoms with Gasteiger partial charge >= 0.3 is 12.1 Å². The highest BCUT2D eigenvalue weighted by atomic mass is 16.6. The van der Waals surface area contributed by atoms with E-state index in [4.69, 9.17) is 14.2 Å². The Bertz CT molecular complexity index is 799. The molecule has 27 heavy (non-hydrogen) atoms. The van der Waals surface area contributed by atoms with E-state index in [1.54, 1.807) is 46.0 Å². The van der Waals surface area contributed by atoms with Crippen LogP contribution in [0.15, 0.2) is 30.5 Å². The minimum Gasteiger partial charge on any atom is -0.493 e. The number of amides is 1. The molecule has 1 aromatic carbocycles. The number of carbonyl (C=O) groups is 2. The average Bonchev–Trinajstić information content (AvgIpc) is 2.59. The minimum absolute atomic E-state index is 0.265. The summed E-state index contributed by atoms with van der Waals surface area (Å²) in [4.78, 5) is 28.3. The van der Waals surface area contributed by atoms with Crippen molar-refractivity contribution in [2.45, 2.75) is 39.7 Å². The third-order valence-corrected chi connectivity index (χ3v) is 3.46. The number of benzene rings is 1. The summed E-state index contributed by atoms with van der Waals surface area (Å²) in [6.45, 7) is 8.15. The predicted molar refractivity (Wildman–Crippen MR) is 102 cm³/mol. The van der Waals surface area contributed by atoms with Gasteiger partial charge in [-0.05, 0) is 52.3 Å². The smallest absolute Gasteiger partial charge is 0.407 e. The molecule has 0 aliphatic carbocycles. The Morgan fingerprint density at radius 3 is 2.67 bits per heavy atom. The molecule has 0 bridgehead atoms. The van der Waals surface area contributed by atoms with Crippen LogP contribution in [0, 0.1) is 0 Å². The second-order valence-corrected chi connectivity index (χ2v) is 6.86. The zero-order valence-corrected chi connectivity index (χ0v) is 16.2. The summed E-state index contributed by atoms with van der Waals surface area (Å²) in [5.74, 6) is -0.0550. The Kier molecular flexibility index (Phi) is 6.98. The van der Waals surface area contributed by atoms with Crippen LogP contribution in [0.5, 0.6) is 5.75 Å². The van der Waals surface area contributed by atoms with Crippen LogP contribution in [-0.2, 0) is 9.47 Å². The maximum atomic E-state index is 12.4. The Morgan fingerprint density at radius 2 is 1.96 bits per heavy atom. The van der Waals surface area contributed by atoms with E-state index in [0.29, 0.717) is 36.4 Å². The predicted octanol–water partition coefficient (Wildman–Crippen LogP) is 3.71. The number of rotatable bonds is 7. The first-order valence-corrected chi connectivity index (χ1v) is 8.96. The van der Waals surface area contributed by atoms with Gasteiger partial charge in [-0.15, -0.1) is 0 Å². The Balaban J connectivity index is 1.99. The number of hydrogen-bond acceptors (Lipinski definition) is 6. The molecule has 0 radical (unpaired) electrons. The van der Waals surface area contributed by atoms with Crippen LogP contribution in [-0.4, -0.2) is 42.4 Å². The summed E-state index contributed by atoms with van der Waals surface area (Å²) in [5.41, 5.74) is 0.322. The highest BCUT2D eigenvalue weighted by molar-refractivity contribution is 6.05. The number of fused-ring (bicyclic) bond motifs is 1. The first-order chi connectivity index (χ1) is 12.8. The van der Waals surface area contributed by atoms with Crippen LogP contribution in [0.25, 0.3) is 10.9 Å². The number of alkyl carbamates (subject to hydrolysis) is 1. The SMILES string of the molecule is CCOC(=O)c1c(OCCCNC(=O)OC(C)(C)C)ccc2cccnc12. The van der Waals surface area contributed by atoms with Gasteiger partial charge in [-0.2, -0.15) is 0 Å². The largest absolute Gasteiger partial charge is 0.493 e. The standard InChI is InChI=1S/C20H26N2O5/c1-5-25-18(23)16-15(10-9-14-8-6-11-21-17(14)16)26-13-7-12-22-19(24)27-20(2,3)4/h6,8-11H,5,7,12-13H2,1-4H3,(H,22,24). The monoisotopic (exact) mass is 374 g/mol. The topological polar surface area (TPSA) is 86.8 Å². The maximum absolute atomic E-state index is 12.4. The number of pyridine rings is 1. The van der Waals surface area contributed by atoms with Crippen LogP contribution in [0.2, 0.25) is 0 Å². The van der Waals surface area contributed by atoms with E-state index in [0.717, 1.165) is 5.39 Å². The fraction of sp³-hybridized carbons (Fsp3) is 0.450. The molecule has 0 fully saturated rings. The van der Waals surface area contributed by atoms with Gasteiger partial charge in [0.15, 0.2) is 0 Å². The van der Waals surface area contributed by atoms with Crippen molar-refractivity contribution in [3.05, 3.63) is 36.0 Å². The van der Waals surface area contributed by atoms with Crippen molar-refractivity contribution in [1.82, 2.24) is 10.3 Å². The number of esters is 1. The quantitative estimate of drug-likeness (QED) is 0.587. The zero-order valence-electron chi connectivity index (χ0n) is 16.2. The lowest BCUT2D eigenvalue weighted by molar-refractivity contribution is 0.0518. The number of nitrogens with zero attached hydrogens (tertiary/aromatic N) is 1. The van der Waals surface area contributed by atoms with Gasteiger partial charge in [0.2, 0.25) is 0 Å². The van der Waals surface area contributed by atoms with E-state index in [2.05, 4.69) is 10.3 Å². The molecule has 1 aromatic heterocycles.